The summed E-state index contributed by atoms with van der Waals surface area (Å²) in [6.45, 7) is 1.38. The van der Waals surface area contributed by atoms with Gasteiger partial charge in [-0.1, -0.05) is 33.7 Å². The molecular weight excluding hydrogens is 693 g/mol. The van der Waals surface area contributed by atoms with Crippen LogP contribution in [0.5, 0.6) is 11.5 Å². The van der Waals surface area contributed by atoms with Crippen LogP contribution in [0.4, 0.5) is 5.69 Å². The predicted molar refractivity (Wildman–Crippen MR) is 198 cm³/mol. The molecule has 9 N–H and O–H groups in total. The molecule has 0 unspecified atom stereocenters. The van der Waals surface area contributed by atoms with Crippen LogP contribution in [0.2, 0.25) is 0 Å². The highest BCUT2D eigenvalue weighted by molar-refractivity contribution is 8.76. The number of anilines is 1. The lowest BCUT2D eigenvalue weighted by atomic mass is 9.70. The van der Waals surface area contributed by atoms with Gasteiger partial charge in [0.15, 0.2) is 5.96 Å². The highest BCUT2D eigenvalue weighted by atomic mass is 33.1. The second-order valence-corrected chi connectivity index (χ2v) is 17.8. The Hall–Kier alpha value is -3.14. The molecule has 6 atom stereocenters. The van der Waals surface area contributed by atoms with Crippen LogP contribution in [0.3, 0.4) is 0 Å². The van der Waals surface area contributed by atoms with Gasteiger partial charge in [0.2, 0.25) is 5.43 Å². The number of hydrogen-bond acceptors (Lipinski definition) is 12. The Morgan fingerprint density at radius 3 is 2.53 bits per heavy atom. The zero-order valence-corrected chi connectivity index (χ0v) is 30.3. The van der Waals surface area contributed by atoms with Crippen molar-refractivity contribution in [1.82, 2.24) is 0 Å². The number of aliphatic hydroxyl groups is 3. The van der Waals surface area contributed by atoms with Gasteiger partial charge in [-0.2, -0.15) is 0 Å². The van der Waals surface area contributed by atoms with Crippen LogP contribution >= 0.6 is 21.6 Å². The smallest absolute Gasteiger partial charge is 0.200 e. The first-order chi connectivity index (χ1) is 24.5. The molecule has 0 amide bonds. The maximum atomic E-state index is 15.5. The Bertz CT molecular complexity index is 1930. The molecule has 2 bridgehead atoms. The number of fused-ring (bicyclic) bond motifs is 4. The molecule has 12 nitrogen and oxygen atoms in total. The Morgan fingerprint density at radius 1 is 1.06 bits per heavy atom. The normalized spacial score (nSPS) is 31.7. The maximum Gasteiger partial charge on any atom is 0.200 e. The summed E-state index contributed by atoms with van der Waals surface area (Å²) < 4.78 is 20.7. The Morgan fingerprint density at radius 2 is 1.82 bits per heavy atom. The highest BCUT2D eigenvalue weighted by Crippen LogP contribution is 2.59. The lowest BCUT2D eigenvalue weighted by molar-refractivity contribution is -0.0727. The number of aliphatic hydroxyl groups excluding tert-OH is 1. The fourth-order valence-electron chi connectivity index (χ4n) is 9.33. The van der Waals surface area contributed by atoms with Crippen molar-refractivity contribution in [2.24, 2.45) is 16.5 Å². The van der Waals surface area contributed by atoms with Crippen LogP contribution in [0.25, 0.3) is 11.0 Å². The minimum absolute atomic E-state index is 0.0789. The first-order valence-electron chi connectivity index (χ1n) is 17.9. The van der Waals surface area contributed by atoms with Gasteiger partial charge in [-0.25, -0.2) is 4.99 Å². The van der Waals surface area contributed by atoms with E-state index >= 15 is 4.79 Å². The van der Waals surface area contributed by atoms with E-state index < -0.39 is 35.4 Å². The van der Waals surface area contributed by atoms with Gasteiger partial charge in [0.05, 0.1) is 24.0 Å². The molecule has 3 heterocycles. The Labute approximate surface area is 303 Å². The number of hydrogen-bond donors (Lipinski definition) is 7. The third-order valence-electron chi connectivity index (χ3n) is 11.7. The summed E-state index contributed by atoms with van der Waals surface area (Å²) in [4.78, 5) is 20.0. The Balaban J connectivity index is 1.44. The standard InChI is InChI=1S/C37H46N4O8S2/c1-35(44)13-4-7-23-26-29(48-32(23)35)24-15-50-51-18-36(17-42,40-34(38)39)16-37(45)14-12-22(19-8-10-20(41-46)11-9-19)25-28(43)27(30(24)49-33(25)37)31(26)47-21-5-2-3-6-21/h8-11,21-23,32,41-42,44-46H,2-7,12-18H2,1H3,(H4,38,39,40)/t22-,23+,32+,35+,36+,37-/m1/s1. The van der Waals surface area contributed by atoms with Crippen molar-refractivity contribution in [2.45, 2.75) is 118 Å². The molecule has 1 aromatic heterocycles. The molecular formula is C37H46N4O8S2. The zero-order chi connectivity index (χ0) is 35.7. The molecule has 8 rings (SSSR count). The first-order valence-corrected chi connectivity index (χ1v) is 20.4. The molecule has 14 heteroatoms. The lowest BCUT2D eigenvalue weighted by Crippen LogP contribution is -2.47. The number of nitrogens with one attached hydrogen (secondary N) is 1. The number of benzene rings is 2. The van der Waals surface area contributed by atoms with Crippen LogP contribution in [-0.2, 0) is 11.4 Å². The number of ether oxygens (including phenoxy) is 2. The SMILES string of the molecule is C[C@]1(O)CCC[C@H]2c3c(c4c5oc6c(c(=O)c5c3OC3CCCC3)[C@@H](c3ccc(NO)cc3)CC[C@@]6(O)C[C@@](CO)(N=C(N)N)CSSC4)O[C@@H]21. The van der Waals surface area contributed by atoms with Crippen molar-refractivity contribution in [3.63, 3.8) is 0 Å². The number of aliphatic imine (C=N–C) groups is 1. The molecule has 0 spiro atoms. The number of rotatable bonds is 6. The van der Waals surface area contributed by atoms with E-state index in [1.54, 1.807) is 12.1 Å². The average molecular weight is 739 g/mol. The summed E-state index contributed by atoms with van der Waals surface area (Å²) >= 11 is 0. The summed E-state index contributed by atoms with van der Waals surface area (Å²) in [5, 5.41) is 45.0. The minimum Gasteiger partial charge on any atom is -0.489 e. The zero-order valence-electron chi connectivity index (χ0n) is 28.7. The largest absolute Gasteiger partial charge is 0.489 e. The van der Waals surface area contributed by atoms with Crippen molar-refractivity contribution in [3.05, 3.63) is 62.5 Å². The van der Waals surface area contributed by atoms with Crippen LogP contribution < -0.4 is 31.8 Å². The minimum atomic E-state index is -1.72. The molecule has 51 heavy (non-hydrogen) atoms. The molecule has 3 aromatic rings. The van der Waals surface area contributed by atoms with Crippen molar-refractivity contribution >= 4 is 44.2 Å². The fraction of sp³-hybridized carbons (Fsp3) is 0.568. The quantitative estimate of drug-likeness (QED) is 0.0762. The van der Waals surface area contributed by atoms with Crippen LogP contribution in [-0.4, -0.2) is 62.2 Å². The average Bonchev–Trinajstić information content (AvgIpc) is 3.76. The first kappa shape index (κ1) is 34.9. The van der Waals surface area contributed by atoms with E-state index in [2.05, 4.69) is 10.5 Å². The van der Waals surface area contributed by atoms with Crippen molar-refractivity contribution in [2.75, 3.05) is 17.8 Å². The van der Waals surface area contributed by atoms with Crippen LogP contribution in [0.15, 0.2) is 38.5 Å². The number of nitrogens with two attached hydrogens (primary N) is 2. The van der Waals surface area contributed by atoms with Gasteiger partial charge in [0, 0.05) is 46.5 Å². The van der Waals surface area contributed by atoms with Gasteiger partial charge < -0.3 is 40.7 Å². The van der Waals surface area contributed by atoms with Gasteiger partial charge >= 0.3 is 0 Å². The molecule has 274 valence electrons. The van der Waals surface area contributed by atoms with E-state index in [-0.39, 0.29) is 47.8 Å². The third-order valence-corrected chi connectivity index (χ3v) is 14.2. The topological polar surface area (TPSA) is 206 Å². The number of nitrogens with zero attached hydrogens (tertiary/aromatic N) is 1. The van der Waals surface area contributed by atoms with Crippen LogP contribution in [0.1, 0.15) is 111 Å². The summed E-state index contributed by atoms with van der Waals surface area (Å²) in [6, 6.07) is 7.17. The predicted octanol–water partition coefficient (Wildman–Crippen LogP) is 5.10. The van der Waals surface area contributed by atoms with Crippen molar-refractivity contribution in [1.29, 1.82) is 0 Å². The summed E-state index contributed by atoms with van der Waals surface area (Å²) in [6.07, 6.45) is 5.90. The van der Waals surface area contributed by atoms with E-state index in [1.807, 2.05) is 19.1 Å². The second-order valence-electron chi connectivity index (χ2n) is 15.3. The van der Waals surface area contributed by atoms with Gasteiger partial charge in [0.25, 0.3) is 0 Å². The van der Waals surface area contributed by atoms with Gasteiger partial charge in [-0.15, -0.1) is 0 Å². The van der Waals surface area contributed by atoms with E-state index in [0.29, 0.717) is 57.9 Å². The van der Waals surface area contributed by atoms with Gasteiger partial charge in [-0.05, 0) is 82.4 Å². The van der Waals surface area contributed by atoms with E-state index in [9.17, 15) is 20.5 Å². The molecule has 3 aliphatic carbocycles. The van der Waals surface area contributed by atoms with Gasteiger partial charge in [-0.3, -0.25) is 15.5 Å². The summed E-state index contributed by atoms with van der Waals surface area (Å²) in [7, 11) is 2.97. The molecule has 0 radical (unpaired) electrons. The third kappa shape index (κ3) is 5.86. The fourth-order valence-corrected chi connectivity index (χ4v) is 11.9. The Kier molecular flexibility index (Phi) is 8.94. The van der Waals surface area contributed by atoms with Gasteiger partial charge in [0.1, 0.15) is 45.5 Å². The van der Waals surface area contributed by atoms with E-state index in [0.717, 1.165) is 49.7 Å². The molecule has 2 aliphatic heterocycles. The molecule has 2 saturated carbocycles. The van der Waals surface area contributed by atoms with E-state index in [4.69, 9.17) is 25.4 Å². The molecule has 0 saturated heterocycles. The molecule has 2 aromatic carbocycles. The highest BCUT2D eigenvalue weighted by Gasteiger charge is 2.53. The molecule has 5 aliphatic rings. The molecule has 2 fully saturated rings. The second kappa shape index (κ2) is 13.1. The van der Waals surface area contributed by atoms with Crippen molar-refractivity contribution in [3.8, 4) is 11.5 Å². The lowest BCUT2D eigenvalue weighted by Gasteiger charge is -2.41. The number of guanidine groups is 1. The maximum absolute atomic E-state index is 15.5. The summed E-state index contributed by atoms with van der Waals surface area (Å²) in [5.41, 5.74) is 13.1. The monoisotopic (exact) mass is 738 g/mol. The van der Waals surface area contributed by atoms with Crippen LogP contribution in [0, 0.1) is 0 Å². The van der Waals surface area contributed by atoms with Crippen molar-refractivity contribution < 1.29 is 34.4 Å². The summed E-state index contributed by atoms with van der Waals surface area (Å²) in [5.74, 6) is 0.986. The van der Waals surface area contributed by atoms with E-state index in [1.165, 1.54) is 21.6 Å².